The van der Waals surface area contributed by atoms with Gasteiger partial charge in [0.25, 0.3) is 0 Å². The lowest BCUT2D eigenvalue weighted by Crippen LogP contribution is -2.51. The minimum atomic E-state index is 0.111. The van der Waals surface area contributed by atoms with Gasteiger partial charge in [-0.3, -0.25) is 9.48 Å². The molecule has 2 fully saturated rings. The van der Waals surface area contributed by atoms with Crippen LogP contribution in [0.5, 0.6) is 0 Å². The van der Waals surface area contributed by atoms with Gasteiger partial charge in [0.05, 0.1) is 18.8 Å². The Morgan fingerprint density at radius 2 is 2.08 bits per heavy atom. The number of amides is 1. The molecule has 1 aromatic heterocycles. The molecule has 3 rings (SSSR count). The normalized spacial score (nSPS) is 23.9. The Kier molecular flexibility index (Phi) is 5.79. The van der Waals surface area contributed by atoms with Crippen molar-refractivity contribution in [3.8, 4) is 0 Å². The van der Waals surface area contributed by atoms with Crippen molar-refractivity contribution in [2.24, 2.45) is 11.8 Å². The van der Waals surface area contributed by atoms with Gasteiger partial charge < -0.3 is 15.3 Å². The number of aliphatic hydroxyl groups is 1. The van der Waals surface area contributed by atoms with E-state index in [0.717, 1.165) is 56.7 Å². The number of aryl methyl sites for hydroxylation is 1. The van der Waals surface area contributed by atoms with Crippen LogP contribution >= 0.6 is 0 Å². The van der Waals surface area contributed by atoms with Crippen molar-refractivity contribution >= 4 is 5.91 Å². The summed E-state index contributed by atoms with van der Waals surface area (Å²) >= 11 is 0. The fraction of sp³-hybridized carbons (Fsp3) is 0.789. The first-order valence-electron chi connectivity index (χ1n) is 9.71. The quantitative estimate of drug-likeness (QED) is 0.786. The zero-order valence-electron chi connectivity index (χ0n) is 15.8. The molecule has 0 spiro atoms. The Morgan fingerprint density at radius 1 is 1.32 bits per heavy atom. The number of piperidine rings is 1. The summed E-state index contributed by atoms with van der Waals surface area (Å²) in [5.41, 5.74) is 3.40. The molecule has 2 atom stereocenters. The summed E-state index contributed by atoms with van der Waals surface area (Å²) in [5, 5.41) is 17.4. The molecule has 1 amide bonds. The molecule has 0 radical (unpaired) electrons. The second-order valence-corrected chi connectivity index (χ2v) is 7.60. The molecule has 0 aromatic carbocycles. The van der Waals surface area contributed by atoms with Crippen LogP contribution in [-0.2, 0) is 17.9 Å². The molecule has 1 aliphatic heterocycles. The Morgan fingerprint density at radius 3 is 2.72 bits per heavy atom. The second-order valence-electron chi connectivity index (χ2n) is 7.60. The topological polar surface area (TPSA) is 70.4 Å². The second kappa shape index (κ2) is 7.87. The first kappa shape index (κ1) is 18.4. The highest BCUT2D eigenvalue weighted by molar-refractivity contribution is 5.81. The number of nitrogens with one attached hydrogen (secondary N) is 1. The number of hydrogen-bond acceptors (Lipinski definition) is 4. The molecule has 1 aliphatic carbocycles. The van der Waals surface area contributed by atoms with E-state index >= 15 is 0 Å². The summed E-state index contributed by atoms with van der Waals surface area (Å²) in [5.74, 6) is 1.23. The Hall–Kier alpha value is -1.40. The van der Waals surface area contributed by atoms with E-state index < -0.39 is 0 Å². The number of aliphatic hydroxyl groups excluding tert-OH is 1. The molecule has 25 heavy (non-hydrogen) atoms. The maximum absolute atomic E-state index is 12.3. The Labute approximate surface area is 150 Å². The van der Waals surface area contributed by atoms with Crippen LogP contribution < -0.4 is 5.32 Å². The monoisotopic (exact) mass is 348 g/mol. The van der Waals surface area contributed by atoms with Crippen molar-refractivity contribution in [1.29, 1.82) is 0 Å². The third-order valence-electron chi connectivity index (χ3n) is 5.88. The highest BCUT2D eigenvalue weighted by Crippen LogP contribution is 2.33. The van der Waals surface area contributed by atoms with E-state index in [1.54, 1.807) is 0 Å². The van der Waals surface area contributed by atoms with Gasteiger partial charge in [-0.15, -0.1) is 0 Å². The number of hydrogen-bond donors (Lipinski definition) is 2. The van der Waals surface area contributed by atoms with Crippen LogP contribution in [0.3, 0.4) is 0 Å². The summed E-state index contributed by atoms with van der Waals surface area (Å²) in [7, 11) is 0. The lowest BCUT2D eigenvalue weighted by molar-refractivity contribution is -0.134. The smallest absolute Gasteiger partial charge is 0.225 e. The van der Waals surface area contributed by atoms with Crippen LogP contribution in [-0.4, -0.2) is 51.4 Å². The van der Waals surface area contributed by atoms with Crippen molar-refractivity contribution in [2.45, 2.75) is 65.6 Å². The minimum absolute atomic E-state index is 0.111. The Bertz CT molecular complexity index is 609. The first-order chi connectivity index (χ1) is 12.0. The van der Waals surface area contributed by atoms with Gasteiger partial charge in [0.2, 0.25) is 5.91 Å². The molecule has 2 heterocycles. The summed E-state index contributed by atoms with van der Waals surface area (Å²) < 4.78 is 1.89. The number of nitrogens with zero attached hydrogens (tertiary/aromatic N) is 3. The number of likely N-dealkylation sites (tertiary alicyclic amines) is 1. The lowest BCUT2D eigenvalue weighted by Gasteiger charge is -2.39. The predicted molar refractivity (Wildman–Crippen MR) is 97.1 cm³/mol. The lowest BCUT2D eigenvalue weighted by atomic mass is 9.89. The van der Waals surface area contributed by atoms with Crippen LogP contribution in [0.4, 0.5) is 0 Å². The van der Waals surface area contributed by atoms with E-state index in [-0.39, 0.29) is 6.61 Å². The van der Waals surface area contributed by atoms with Gasteiger partial charge >= 0.3 is 0 Å². The summed E-state index contributed by atoms with van der Waals surface area (Å²) in [4.78, 5) is 14.4. The maximum atomic E-state index is 12.3. The molecule has 6 nitrogen and oxygen atoms in total. The highest BCUT2D eigenvalue weighted by Gasteiger charge is 2.37. The molecular weight excluding hydrogens is 316 g/mol. The van der Waals surface area contributed by atoms with Crippen molar-refractivity contribution in [1.82, 2.24) is 20.0 Å². The molecule has 1 saturated carbocycles. The number of aromatic nitrogens is 2. The van der Waals surface area contributed by atoms with Gasteiger partial charge in [0.15, 0.2) is 0 Å². The maximum Gasteiger partial charge on any atom is 0.225 e. The van der Waals surface area contributed by atoms with Gasteiger partial charge in [-0.1, -0.05) is 13.3 Å². The van der Waals surface area contributed by atoms with Crippen LogP contribution in [0.15, 0.2) is 0 Å². The molecule has 1 aromatic rings. The van der Waals surface area contributed by atoms with E-state index in [1.807, 2.05) is 11.6 Å². The number of carbonyl (C=O) groups is 1. The van der Waals surface area contributed by atoms with Gasteiger partial charge in [0.1, 0.15) is 0 Å². The summed E-state index contributed by atoms with van der Waals surface area (Å²) in [6.07, 6.45) is 4.29. The van der Waals surface area contributed by atoms with Gasteiger partial charge in [0, 0.05) is 42.9 Å². The number of rotatable bonds is 7. The predicted octanol–water partition coefficient (Wildman–Crippen LogP) is 1.62. The van der Waals surface area contributed by atoms with E-state index in [9.17, 15) is 4.79 Å². The first-order valence-corrected chi connectivity index (χ1v) is 9.71. The average molecular weight is 348 g/mol. The summed E-state index contributed by atoms with van der Waals surface area (Å²) in [6.45, 7) is 9.57. The molecular formula is C19H32N4O2. The van der Waals surface area contributed by atoms with Crippen LogP contribution in [0.1, 0.15) is 49.6 Å². The average Bonchev–Trinajstić information content (AvgIpc) is 3.42. The minimum Gasteiger partial charge on any atom is -0.394 e. The third kappa shape index (κ3) is 4.06. The molecule has 1 saturated heterocycles. The van der Waals surface area contributed by atoms with E-state index in [2.05, 4.69) is 29.2 Å². The molecule has 0 bridgehead atoms. The van der Waals surface area contributed by atoms with Gasteiger partial charge in [-0.25, -0.2) is 0 Å². The molecule has 140 valence electrons. The summed E-state index contributed by atoms with van der Waals surface area (Å²) in [6, 6.07) is 0.452. The van der Waals surface area contributed by atoms with Crippen LogP contribution in [0.25, 0.3) is 0 Å². The SMILES string of the molecule is CC[C@H]1CN(C(=O)C2CC2)CC[C@@H]1NCc1c(C)nn(CCO)c1C. The standard InChI is InChI=1S/C19H32N4O2/c1-4-15-12-22(19(25)16-5-6-16)8-7-18(15)20-11-17-13(2)21-23(9-10-24)14(17)3/h15-16,18,20,24H,4-12H2,1-3H3/t15-,18-/m0/s1. The zero-order chi connectivity index (χ0) is 18.0. The van der Waals surface area contributed by atoms with E-state index in [0.29, 0.717) is 30.3 Å². The molecule has 0 unspecified atom stereocenters. The Balaban J connectivity index is 1.58. The zero-order valence-corrected chi connectivity index (χ0v) is 15.8. The highest BCUT2D eigenvalue weighted by atomic mass is 16.3. The van der Waals surface area contributed by atoms with E-state index in [4.69, 9.17) is 5.11 Å². The number of carbonyl (C=O) groups excluding carboxylic acids is 1. The van der Waals surface area contributed by atoms with Crippen molar-refractivity contribution < 1.29 is 9.90 Å². The van der Waals surface area contributed by atoms with Crippen molar-refractivity contribution in [2.75, 3.05) is 19.7 Å². The van der Waals surface area contributed by atoms with E-state index in [1.165, 1.54) is 5.56 Å². The third-order valence-corrected chi connectivity index (χ3v) is 5.88. The van der Waals surface area contributed by atoms with Crippen molar-refractivity contribution in [3.05, 3.63) is 17.0 Å². The molecule has 2 aliphatic rings. The van der Waals surface area contributed by atoms with Crippen molar-refractivity contribution in [3.63, 3.8) is 0 Å². The van der Waals surface area contributed by atoms with Crippen LogP contribution in [0.2, 0.25) is 0 Å². The van der Waals surface area contributed by atoms with Gasteiger partial charge in [-0.05, 0) is 39.0 Å². The molecule has 6 heteroatoms. The fourth-order valence-electron chi connectivity index (χ4n) is 4.04. The van der Waals surface area contributed by atoms with Crippen LogP contribution in [0, 0.1) is 25.7 Å². The largest absolute Gasteiger partial charge is 0.394 e. The molecule has 2 N–H and O–H groups in total. The fourth-order valence-corrected chi connectivity index (χ4v) is 4.04. The van der Waals surface area contributed by atoms with Gasteiger partial charge in [-0.2, -0.15) is 5.10 Å².